The summed E-state index contributed by atoms with van der Waals surface area (Å²) in [7, 11) is 0. The summed E-state index contributed by atoms with van der Waals surface area (Å²) >= 11 is 0. The topological polar surface area (TPSA) is 25.8 Å². The third-order valence-electron chi connectivity index (χ3n) is 2.75. The van der Waals surface area contributed by atoms with Crippen LogP contribution in [0.5, 0.6) is 0 Å². The van der Waals surface area contributed by atoms with Crippen LogP contribution in [0.4, 0.5) is 0 Å². The first kappa shape index (κ1) is 11.1. The minimum absolute atomic E-state index is 0.0959. The van der Waals surface area contributed by atoms with Crippen molar-refractivity contribution in [3.63, 3.8) is 0 Å². The van der Waals surface area contributed by atoms with Gasteiger partial charge in [0.05, 0.1) is 5.69 Å². The highest BCUT2D eigenvalue weighted by atomic mass is 14.9. The zero-order chi connectivity index (χ0) is 11.8. The van der Waals surface area contributed by atoms with E-state index in [1.807, 2.05) is 6.20 Å². The molecule has 2 nitrogen and oxygen atoms in total. The van der Waals surface area contributed by atoms with Gasteiger partial charge in [-0.2, -0.15) is 0 Å². The van der Waals surface area contributed by atoms with E-state index in [1.54, 1.807) is 0 Å². The fourth-order valence-electron chi connectivity index (χ4n) is 1.61. The Morgan fingerprint density at radius 2 is 1.81 bits per heavy atom. The average Bonchev–Trinajstić information content (AvgIpc) is 2.38. The van der Waals surface area contributed by atoms with Crippen molar-refractivity contribution in [3.8, 4) is 0 Å². The van der Waals surface area contributed by atoms with Crippen LogP contribution in [0.3, 0.4) is 0 Å². The number of nitrogens with zero attached hydrogens (tertiary/aromatic N) is 2. The van der Waals surface area contributed by atoms with Crippen LogP contribution in [0.2, 0.25) is 0 Å². The molecule has 0 radical (unpaired) electrons. The Balaban J connectivity index is 2.48. The van der Waals surface area contributed by atoms with E-state index in [2.05, 4.69) is 62.0 Å². The van der Waals surface area contributed by atoms with Gasteiger partial charge in [-0.3, -0.25) is 0 Å². The van der Waals surface area contributed by atoms with Gasteiger partial charge in [-0.15, -0.1) is 0 Å². The Morgan fingerprint density at radius 3 is 2.50 bits per heavy atom. The maximum absolute atomic E-state index is 4.59. The third-order valence-corrected chi connectivity index (χ3v) is 2.75. The first-order valence-corrected chi connectivity index (χ1v) is 5.73. The van der Waals surface area contributed by atoms with Crippen molar-refractivity contribution in [2.24, 2.45) is 5.41 Å². The zero-order valence-corrected chi connectivity index (χ0v) is 10.4. The molecule has 0 bridgehead atoms. The summed E-state index contributed by atoms with van der Waals surface area (Å²) in [5.41, 5.74) is 2.23. The van der Waals surface area contributed by atoms with Gasteiger partial charge in [0, 0.05) is 23.1 Å². The number of allylic oxidation sites excluding steroid dienone is 2. The summed E-state index contributed by atoms with van der Waals surface area (Å²) in [6, 6.07) is 0. The molecule has 0 saturated heterocycles. The van der Waals surface area contributed by atoms with Crippen molar-refractivity contribution in [1.82, 2.24) is 9.97 Å². The van der Waals surface area contributed by atoms with E-state index in [9.17, 15) is 0 Å². The van der Waals surface area contributed by atoms with Crippen LogP contribution in [0.25, 0.3) is 12.2 Å². The average molecular weight is 214 g/mol. The minimum Gasteiger partial charge on any atom is -0.240 e. The summed E-state index contributed by atoms with van der Waals surface area (Å²) in [4.78, 5) is 8.97. The van der Waals surface area contributed by atoms with Gasteiger partial charge in [-0.25, -0.2) is 9.97 Å². The third kappa shape index (κ3) is 2.21. The smallest absolute Gasteiger partial charge is 0.131 e. The lowest BCUT2D eigenvalue weighted by molar-refractivity contribution is 0.633. The van der Waals surface area contributed by atoms with E-state index in [-0.39, 0.29) is 5.41 Å². The predicted molar refractivity (Wildman–Crippen MR) is 68.0 cm³/mol. The lowest BCUT2D eigenvalue weighted by atomic mass is 9.93. The Kier molecular flexibility index (Phi) is 2.66. The summed E-state index contributed by atoms with van der Waals surface area (Å²) in [5, 5.41) is 0. The Labute approximate surface area is 97.1 Å². The molecule has 1 aliphatic carbocycles. The van der Waals surface area contributed by atoms with E-state index in [1.165, 1.54) is 0 Å². The molecular formula is C14H18N2. The second-order valence-electron chi connectivity index (χ2n) is 5.21. The molecule has 2 heteroatoms. The summed E-state index contributed by atoms with van der Waals surface area (Å²) in [5.74, 6) is 1.29. The molecule has 84 valence electrons. The van der Waals surface area contributed by atoms with Gasteiger partial charge in [0.15, 0.2) is 0 Å². The molecule has 1 heterocycles. The minimum atomic E-state index is 0.0959. The SMILES string of the molecule is CC(C)c1ncc2c(n1)C=CC(C)(C)C=C2. The van der Waals surface area contributed by atoms with Crippen LogP contribution < -0.4 is 0 Å². The molecule has 0 saturated carbocycles. The van der Waals surface area contributed by atoms with Gasteiger partial charge in [-0.05, 0) is 6.08 Å². The van der Waals surface area contributed by atoms with E-state index >= 15 is 0 Å². The number of hydrogen-bond donors (Lipinski definition) is 0. The molecule has 0 atom stereocenters. The highest BCUT2D eigenvalue weighted by molar-refractivity contribution is 5.65. The molecule has 1 aromatic heterocycles. The molecule has 0 aliphatic heterocycles. The normalized spacial score (nSPS) is 17.3. The van der Waals surface area contributed by atoms with Crippen LogP contribution in [0, 0.1) is 5.41 Å². The monoisotopic (exact) mass is 214 g/mol. The second-order valence-corrected chi connectivity index (χ2v) is 5.21. The molecule has 1 aliphatic rings. The first-order valence-electron chi connectivity index (χ1n) is 5.73. The molecule has 0 aromatic carbocycles. The maximum atomic E-state index is 4.59. The molecule has 0 fully saturated rings. The predicted octanol–water partition coefficient (Wildman–Crippen LogP) is 3.67. The fourth-order valence-corrected chi connectivity index (χ4v) is 1.61. The molecule has 2 rings (SSSR count). The van der Waals surface area contributed by atoms with Gasteiger partial charge in [0.2, 0.25) is 0 Å². The maximum Gasteiger partial charge on any atom is 0.131 e. The first-order chi connectivity index (χ1) is 7.48. The molecular weight excluding hydrogens is 196 g/mol. The van der Waals surface area contributed by atoms with E-state index in [0.29, 0.717) is 5.92 Å². The molecule has 16 heavy (non-hydrogen) atoms. The molecule has 0 amide bonds. The fraction of sp³-hybridized carbons (Fsp3) is 0.429. The van der Waals surface area contributed by atoms with Gasteiger partial charge in [0.1, 0.15) is 5.82 Å². The largest absolute Gasteiger partial charge is 0.240 e. The van der Waals surface area contributed by atoms with Crippen molar-refractivity contribution in [1.29, 1.82) is 0 Å². The molecule has 0 N–H and O–H groups in total. The Morgan fingerprint density at radius 1 is 1.12 bits per heavy atom. The quantitative estimate of drug-likeness (QED) is 0.713. The van der Waals surface area contributed by atoms with Crippen molar-refractivity contribution >= 4 is 12.2 Å². The number of aromatic nitrogens is 2. The van der Waals surface area contributed by atoms with Gasteiger partial charge >= 0.3 is 0 Å². The van der Waals surface area contributed by atoms with Crippen molar-refractivity contribution < 1.29 is 0 Å². The van der Waals surface area contributed by atoms with Crippen LogP contribution in [-0.2, 0) is 0 Å². The standard InChI is InChI=1S/C14H18N2/c1-10(2)13-15-9-11-5-7-14(3,4)8-6-12(11)16-13/h5-10H,1-4H3. The highest BCUT2D eigenvalue weighted by Crippen LogP contribution is 2.26. The highest BCUT2D eigenvalue weighted by Gasteiger charge is 2.14. The summed E-state index contributed by atoms with van der Waals surface area (Å²) < 4.78 is 0. The number of fused-ring (bicyclic) bond motifs is 1. The van der Waals surface area contributed by atoms with Gasteiger partial charge in [-0.1, -0.05) is 45.9 Å². The summed E-state index contributed by atoms with van der Waals surface area (Å²) in [6.07, 6.45) is 10.5. The molecule has 0 unspecified atom stereocenters. The van der Waals surface area contributed by atoms with E-state index in [4.69, 9.17) is 0 Å². The van der Waals surface area contributed by atoms with Crippen molar-refractivity contribution in [3.05, 3.63) is 35.4 Å². The van der Waals surface area contributed by atoms with Gasteiger partial charge in [0.25, 0.3) is 0 Å². The Hall–Kier alpha value is -1.44. The lowest BCUT2D eigenvalue weighted by Crippen LogP contribution is -2.00. The van der Waals surface area contributed by atoms with E-state index in [0.717, 1.165) is 17.1 Å². The Bertz CT molecular complexity index is 454. The molecule has 1 aromatic rings. The number of rotatable bonds is 1. The number of hydrogen-bond acceptors (Lipinski definition) is 2. The van der Waals surface area contributed by atoms with E-state index < -0.39 is 0 Å². The lowest BCUT2D eigenvalue weighted by Gasteiger charge is -2.11. The van der Waals surface area contributed by atoms with Crippen LogP contribution in [0.15, 0.2) is 18.3 Å². The van der Waals surface area contributed by atoms with Gasteiger partial charge < -0.3 is 0 Å². The van der Waals surface area contributed by atoms with Crippen molar-refractivity contribution in [2.45, 2.75) is 33.6 Å². The van der Waals surface area contributed by atoms with Crippen LogP contribution >= 0.6 is 0 Å². The summed E-state index contributed by atoms with van der Waals surface area (Å²) in [6.45, 7) is 8.59. The van der Waals surface area contributed by atoms with Crippen LogP contribution in [-0.4, -0.2) is 9.97 Å². The zero-order valence-electron chi connectivity index (χ0n) is 10.4. The second kappa shape index (κ2) is 3.85. The van der Waals surface area contributed by atoms with Crippen molar-refractivity contribution in [2.75, 3.05) is 0 Å². The van der Waals surface area contributed by atoms with Crippen LogP contribution in [0.1, 0.15) is 50.7 Å². The molecule has 0 spiro atoms.